The number of halogens is 3. The summed E-state index contributed by atoms with van der Waals surface area (Å²) in [6.45, 7) is -0.737. The number of nitrogens with one attached hydrogen (secondary N) is 1. The van der Waals surface area contributed by atoms with E-state index in [0.717, 1.165) is 37.5 Å². The number of amides is 1. The quantitative estimate of drug-likeness (QED) is 0.309. The highest BCUT2D eigenvalue weighted by Crippen LogP contribution is 2.29. The Morgan fingerprint density at radius 2 is 2.17 bits per heavy atom. The van der Waals surface area contributed by atoms with E-state index in [1.807, 2.05) is 6.07 Å². The van der Waals surface area contributed by atoms with Crippen LogP contribution in [0.15, 0.2) is 23.2 Å². The van der Waals surface area contributed by atoms with Crippen LogP contribution in [0.2, 0.25) is 0 Å². The first-order valence-electron chi connectivity index (χ1n) is 9.28. The van der Waals surface area contributed by atoms with Gasteiger partial charge in [-0.25, -0.2) is 0 Å². The highest BCUT2D eigenvalue weighted by atomic mass is 127. The number of hydrogen-bond acceptors (Lipinski definition) is 4. The molecule has 1 aromatic carbocycles. The molecule has 1 heterocycles. The summed E-state index contributed by atoms with van der Waals surface area (Å²) in [5.74, 6) is 0.995. The summed E-state index contributed by atoms with van der Waals surface area (Å²) in [6.07, 6.45) is 2.94. The first-order chi connectivity index (χ1) is 13.4. The van der Waals surface area contributed by atoms with Crippen LogP contribution in [0, 0.1) is 5.92 Å². The summed E-state index contributed by atoms with van der Waals surface area (Å²) >= 11 is 0. The van der Waals surface area contributed by atoms with Gasteiger partial charge >= 0.3 is 6.61 Å². The van der Waals surface area contributed by atoms with Crippen molar-refractivity contribution in [2.24, 2.45) is 16.6 Å². The number of hydrogen-bond donors (Lipinski definition) is 2. The van der Waals surface area contributed by atoms with E-state index >= 15 is 0 Å². The van der Waals surface area contributed by atoms with Crippen molar-refractivity contribution in [1.29, 1.82) is 0 Å². The number of alkyl halides is 2. The molecule has 0 aliphatic carbocycles. The standard InChI is InChI=1S/C19H28F2N4O3.HI/c1-23-19(25-9-3-4-14(12-25)11-17(22)26)24-8-7-13-5-6-15(27-2)16(10-13)28-18(20)21;/h5-6,10,14,18H,3-4,7-9,11-12H2,1-2H3,(H2,22,26)(H,23,24);1H. The minimum absolute atomic E-state index is 0. The second-order valence-electron chi connectivity index (χ2n) is 6.71. The molecule has 1 amide bonds. The van der Waals surface area contributed by atoms with Crippen LogP contribution >= 0.6 is 24.0 Å². The van der Waals surface area contributed by atoms with Gasteiger partial charge in [0.2, 0.25) is 5.91 Å². The number of benzene rings is 1. The lowest BCUT2D eigenvalue weighted by molar-refractivity contribution is -0.119. The lowest BCUT2D eigenvalue weighted by Crippen LogP contribution is -2.47. The fourth-order valence-electron chi connectivity index (χ4n) is 3.42. The molecule has 1 atom stereocenters. The zero-order valence-electron chi connectivity index (χ0n) is 16.7. The van der Waals surface area contributed by atoms with E-state index < -0.39 is 6.61 Å². The van der Waals surface area contributed by atoms with E-state index in [4.69, 9.17) is 10.5 Å². The van der Waals surface area contributed by atoms with Gasteiger partial charge in [-0.15, -0.1) is 24.0 Å². The van der Waals surface area contributed by atoms with Gasteiger partial charge in [0.1, 0.15) is 0 Å². The molecule has 1 aliphatic heterocycles. The van der Waals surface area contributed by atoms with Crippen molar-refractivity contribution in [3.05, 3.63) is 23.8 Å². The third-order valence-corrected chi connectivity index (χ3v) is 4.66. The van der Waals surface area contributed by atoms with Crippen molar-refractivity contribution in [1.82, 2.24) is 10.2 Å². The van der Waals surface area contributed by atoms with Gasteiger partial charge in [-0.05, 0) is 42.9 Å². The Morgan fingerprint density at radius 3 is 2.79 bits per heavy atom. The summed E-state index contributed by atoms with van der Waals surface area (Å²) < 4.78 is 34.7. The lowest BCUT2D eigenvalue weighted by Gasteiger charge is -2.34. The zero-order chi connectivity index (χ0) is 20.5. The summed E-state index contributed by atoms with van der Waals surface area (Å²) in [5.41, 5.74) is 6.15. The fourth-order valence-corrected chi connectivity index (χ4v) is 3.42. The van der Waals surface area contributed by atoms with Gasteiger partial charge in [0.05, 0.1) is 7.11 Å². The number of nitrogens with zero attached hydrogens (tertiary/aromatic N) is 2. The third-order valence-electron chi connectivity index (χ3n) is 4.66. The molecule has 2 rings (SSSR count). The van der Waals surface area contributed by atoms with Gasteiger partial charge in [0.15, 0.2) is 17.5 Å². The van der Waals surface area contributed by atoms with Crippen molar-refractivity contribution in [2.45, 2.75) is 32.3 Å². The highest BCUT2D eigenvalue weighted by Gasteiger charge is 2.23. The first kappa shape index (κ1) is 25.2. The molecule has 0 saturated carbocycles. The molecule has 164 valence electrons. The first-order valence-corrected chi connectivity index (χ1v) is 9.28. The monoisotopic (exact) mass is 526 g/mol. The maximum atomic E-state index is 12.5. The smallest absolute Gasteiger partial charge is 0.387 e. The topological polar surface area (TPSA) is 89.2 Å². The fraction of sp³-hybridized carbons (Fsp3) is 0.579. The van der Waals surface area contributed by atoms with Crippen molar-refractivity contribution < 1.29 is 23.0 Å². The van der Waals surface area contributed by atoms with E-state index in [1.54, 1.807) is 19.2 Å². The number of piperidine rings is 1. The molecule has 7 nitrogen and oxygen atoms in total. The predicted octanol–water partition coefficient (Wildman–Crippen LogP) is 2.62. The average Bonchev–Trinajstić information content (AvgIpc) is 2.64. The summed E-state index contributed by atoms with van der Waals surface area (Å²) in [7, 11) is 3.12. The van der Waals surface area contributed by atoms with Crippen LogP contribution in [0.4, 0.5) is 8.78 Å². The van der Waals surface area contributed by atoms with Crippen molar-refractivity contribution in [3.8, 4) is 11.5 Å². The van der Waals surface area contributed by atoms with Gasteiger partial charge in [-0.2, -0.15) is 8.78 Å². The van der Waals surface area contributed by atoms with E-state index in [1.165, 1.54) is 7.11 Å². The number of primary amides is 1. The predicted molar refractivity (Wildman–Crippen MR) is 118 cm³/mol. The highest BCUT2D eigenvalue weighted by molar-refractivity contribution is 14.0. The van der Waals surface area contributed by atoms with Crippen LogP contribution in [0.25, 0.3) is 0 Å². The van der Waals surface area contributed by atoms with Gasteiger partial charge in [0.25, 0.3) is 0 Å². The Kier molecular flexibility index (Phi) is 11.0. The molecule has 1 aliphatic rings. The number of ether oxygens (including phenoxy) is 2. The second-order valence-corrected chi connectivity index (χ2v) is 6.71. The number of carbonyl (C=O) groups excluding carboxylic acids is 1. The molecule has 29 heavy (non-hydrogen) atoms. The number of likely N-dealkylation sites (tertiary alicyclic amines) is 1. The number of aliphatic imine (C=N–C) groups is 1. The summed E-state index contributed by atoms with van der Waals surface area (Å²) in [5, 5.41) is 3.29. The van der Waals surface area contributed by atoms with Crippen LogP contribution in [-0.2, 0) is 11.2 Å². The van der Waals surface area contributed by atoms with E-state index in [2.05, 4.69) is 19.9 Å². The molecule has 10 heteroatoms. The van der Waals surface area contributed by atoms with Gasteiger partial charge < -0.3 is 25.4 Å². The van der Waals surface area contributed by atoms with E-state index in [9.17, 15) is 13.6 Å². The number of nitrogens with two attached hydrogens (primary N) is 1. The molecule has 0 spiro atoms. The third kappa shape index (κ3) is 8.19. The number of methoxy groups -OCH3 is 1. The van der Waals surface area contributed by atoms with Gasteiger partial charge in [-0.1, -0.05) is 6.07 Å². The molecule has 1 unspecified atom stereocenters. The second kappa shape index (κ2) is 12.7. The molecule has 1 aromatic rings. The van der Waals surface area contributed by atoms with Crippen LogP contribution in [-0.4, -0.2) is 57.2 Å². The van der Waals surface area contributed by atoms with Gasteiger partial charge in [-0.3, -0.25) is 9.79 Å². The number of rotatable bonds is 8. The minimum Gasteiger partial charge on any atom is -0.493 e. The Labute approximate surface area is 187 Å². The number of guanidine groups is 1. The number of carbonyl (C=O) groups is 1. The molecule has 0 aromatic heterocycles. The largest absolute Gasteiger partial charge is 0.493 e. The van der Waals surface area contributed by atoms with Crippen LogP contribution in [0.1, 0.15) is 24.8 Å². The SMILES string of the molecule is CN=C(NCCc1ccc(OC)c(OC(F)F)c1)N1CCCC(CC(N)=O)C1.I. The van der Waals surface area contributed by atoms with Crippen LogP contribution in [0.5, 0.6) is 11.5 Å². The summed E-state index contributed by atoms with van der Waals surface area (Å²) in [4.78, 5) is 17.6. The van der Waals surface area contributed by atoms with Crippen LogP contribution < -0.4 is 20.5 Å². The molecule has 0 radical (unpaired) electrons. The lowest BCUT2D eigenvalue weighted by atomic mass is 9.95. The Bertz CT molecular complexity index is 691. The van der Waals surface area contributed by atoms with Gasteiger partial charge in [0, 0.05) is 33.1 Å². The van der Waals surface area contributed by atoms with Crippen LogP contribution in [0.3, 0.4) is 0 Å². The normalized spacial score (nSPS) is 16.9. The molecule has 0 bridgehead atoms. The molecular weight excluding hydrogens is 497 g/mol. The molecular formula is C19H29F2IN4O3. The summed E-state index contributed by atoms with van der Waals surface area (Å²) in [6, 6.07) is 4.98. The maximum absolute atomic E-state index is 12.5. The van der Waals surface area contributed by atoms with Crippen molar-refractivity contribution in [2.75, 3.05) is 33.8 Å². The Hall–Kier alpha value is -1.85. The maximum Gasteiger partial charge on any atom is 0.387 e. The van der Waals surface area contributed by atoms with Crippen molar-refractivity contribution in [3.63, 3.8) is 0 Å². The van der Waals surface area contributed by atoms with E-state index in [0.29, 0.717) is 19.4 Å². The average molecular weight is 526 g/mol. The Morgan fingerprint density at radius 1 is 1.41 bits per heavy atom. The zero-order valence-corrected chi connectivity index (χ0v) is 19.0. The Balaban J connectivity index is 0.00000420. The van der Waals surface area contributed by atoms with E-state index in [-0.39, 0.29) is 47.3 Å². The minimum atomic E-state index is -2.91. The molecule has 3 N–H and O–H groups in total. The molecule has 1 saturated heterocycles. The van der Waals surface area contributed by atoms with Crippen molar-refractivity contribution >= 4 is 35.8 Å². The molecule has 1 fully saturated rings.